The maximum atomic E-state index is 13.4. The number of allylic oxidation sites excluding steroid dienone is 1. The van der Waals surface area contributed by atoms with Gasteiger partial charge in [-0.15, -0.1) is 0 Å². The van der Waals surface area contributed by atoms with Crippen LogP contribution in [0.3, 0.4) is 0 Å². The minimum Gasteiger partial charge on any atom is -0.495 e. The molecule has 0 aliphatic carbocycles. The van der Waals surface area contributed by atoms with Crippen molar-refractivity contribution in [1.29, 1.82) is 0 Å². The third kappa shape index (κ3) is 19.1. The van der Waals surface area contributed by atoms with Crippen LogP contribution in [0, 0.1) is 30.9 Å². The molecule has 15 aromatic rings. The number of nitro benzene ring substituents is 1. The van der Waals surface area contributed by atoms with E-state index in [2.05, 4.69) is 77.0 Å². The number of hydrogen-bond acceptors (Lipinski definition) is 30. The fourth-order valence-corrected chi connectivity index (χ4v) is 16.2. The van der Waals surface area contributed by atoms with Gasteiger partial charge in [-0.25, -0.2) is 44.9 Å². The summed E-state index contributed by atoms with van der Waals surface area (Å²) in [5.41, 5.74) is 13.2. The first-order valence-electron chi connectivity index (χ1n) is 37.9. The van der Waals surface area contributed by atoms with Gasteiger partial charge in [0.25, 0.3) is 27.9 Å². The number of methoxy groups -OCH3 is 8. The summed E-state index contributed by atoms with van der Waals surface area (Å²) in [4.78, 5) is 128. The second-order valence-electron chi connectivity index (χ2n) is 27.8. The molecule has 7 aromatic carbocycles. The summed E-state index contributed by atoms with van der Waals surface area (Å²) in [6, 6.07) is 22.1. The van der Waals surface area contributed by atoms with Crippen molar-refractivity contribution in [3.63, 3.8) is 0 Å². The van der Waals surface area contributed by atoms with Gasteiger partial charge in [0.15, 0.2) is 28.4 Å². The van der Waals surface area contributed by atoms with Gasteiger partial charge in [0, 0.05) is 82.6 Å². The van der Waals surface area contributed by atoms with E-state index in [1.54, 1.807) is 46.3 Å². The molecule has 8 heterocycles. The standard InChI is InChI=1S/C26H23Cl2N5O4.C23H19Cl2N5O5.C22H20Cl2N6O3.C15H11Cl3N4O3/c1-6-15(34)10-14-9-7-8-13(2)22(14)31-26-29-12-16-24(32-26)33(3)25(35)23(30-16)19-20(27)17(36-4)11-18(37-5)21(19)28;1-11-6-5-7-14(30(32)33)12(11)8-17-26-10-13-22(28-17)29(2)23(31)21(27-13)18-19(24)15(34-3)9-16(35-4)20(18)25;1-10-6-5-7-11(25)18(10)28-22-26-9-12-20(29-22)30(2)21(31)19(27-12)15-16(23)13(32-3)8-14(33-4)17(15)24;1-22-13-6(5-19-15(18)21-13)20-12(14(22)23)9-10(16)7(24-2)4-8(25-3)11(9)17/h6-9,11-12H,1,10H2,2-5H3,(H,29,31,32);5-7,9-10H,8H2,1-4H3;5-9H,25H2,1-4H3,(H,26,28,29);4-5H,1-3H3. The molecule has 0 fully saturated rings. The molecule has 0 amide bonds. The number of ketones is 1. The number of nitro groups is 1. The molecule has 130 heavy (non-hydrogen) atoms. The number of nitrogens with two attached hydrogens (primary N) is 1. The first kappa shape index (κ1) is 95.7. The lowest BCUT2D eigenvalue weighted by atomic mass is 10.0. The molecule has 0 saturated heterocycles. The van der Waals surface area contributed by atoms with E-state index in [1.165, 1.54) is 143 Å². The van der Waals surface area contributed by atoms with Gasteiger partial charge in [-0.2, -0.15) is 15.0 Å². The summed E-state index contributed by atoms with van der Waals surface area (Å²) in [5, 5.41) is 18.8. The van der Waals surface area contributed by atoms with Crippen LogP contribution >= 0.6 is 104 Å². The molecule has 0 spiro atoms. The molecule has 44 heteroatoms. The van der Waals surface area contributed by atoms with Crippen molar-refractivity contribution in [3.05, 3.63) is 247 Å². The van der Waals surface area contributed by atoms with E-state index in [9.17, 15) is 34.1 Å². The number of rotatable bonds is 22. The zero-order valence-electron chi connectivity index (χ0n) is 71.2. The summed E-state index contributed by atoms with van der Waals surface area (Å²) in [6.07, 6.45) is 7.42. The third-order valence-corrected chi connectivity index (χ3v) is 23.3. The lowest BCUT2D eigenvalue weighted by molar-refractivity contribution is -0.385. The van der Waals surface area contributed by atoms with Crippen LogP contribution in [-0.2, 0) is 45.8 Å². The van der Waals surface area contributed by atoms with Crippen molar-refractivity contribution >= 4 is 189 Å². The predicted molar refractivity (Wildman–Crippen MR) is 502 cm³/mol. The maximum absolute atomic E-state index is 13.4. The molecule has 0 bridgehead atoms. The minimum atomic E-state index is -0.511. The molecule has 670 valence electrons. The normalized spacial score (nSPS) is 11.0. The molecule has 0 radical (unpaired) electrons. The maximum Gasteiger partial charge on any atom is 0.278 e. The highest BCUT2D eigenvalue weighted by Crippen LogP contribution is 2.50. The van der Waals surface area contributed by atoms with Gasteiger partial charge in [0.05, 0.1) is 160 Å². The number of halogens is 9. The number of nitrogen functional groups attached to an aromatic ring is 1. The molecule has 15 rings (SSSR count). The van der Waals surface area contributed by atoms with E-state index in [1.807, 2.05) is 44.2 Å². The van der Waals surface area contributed by atoms with Crippen LogP contribution in [0.5, 0.6) is 46.0 Å². The molecule has 0 atom stereocenters. The van der Waals surface area contributed by atoms with E-state index >= 15 is 0 Å². The number of fused-ring (bicyclic) bond motifs is 4. The Morgan fingerprint density at radius 1 is 0.431 bits per heavy atom. The highest BCUT2D eigenvalue weighted by molar-refractivity contribution is 6.43. The van der Waals surface area contributed by atoms with E-state index in [4.69, 9.17) is 148 Å². The van der Waals surface area contributed by atoms with Gasteiger partial charge in [-0.05, 0) is 66.8 Å². The second-order valence-corrected chi connectivity index (χ2v) is 31.2. The Balaban J connectivity index is 0.000000158. The highest BCUT2D eigenvalue weighted by Gasteiger charge is 2.31. The van der Waals surface area contributed by atoms with Crippen LogP contribution in [0.2, 0.25) is 45.5 Å². The molecule has 0 saturated carbocycles. The number of anilines is 5. The Kier molecular flexibility index (Phi) is 29.8. The molecule has 0 unspecified atom stereocenters. The average Bonchev–Trinajstić information content (AvgIpc) is 0.767. The van der Waals surface area contributed by atoms with Crippen LogP contribution in [0.25, 0.3) is 89.7 Å². The quantitative estimate of drug-likeness (QED) is 0.0186. The van der Waals surface area contributed by atoms with Gasteiger partial charge >= 0.3 is 0 Å². The Bertz CT molecular complexity index is 7260. The Labute approximate surface area is 782 Å². The van der Waals surface area contributed by atoms with Crippen LogP contribution in [0.4, 0.5) is 34.6 Å². The van der Waals surface area contributed by atoms with Crippen LogP contribution < -0.4 is 76.5 Å². The SMILES string of the molecule is C=CC(=O)Cc1cccc(C)c1Nc1ncc2nc(-c3c(Cl)c(OC)cc(OC)c3Cl)c(=O)n(C)c2n1.COc1cc(OC)c(Cl)c(-c2nc3cnc(Cc4c(C)cccc4[N+](=O)[O-])nc3n(C)c2=O)c1Cl.COc1cc(OC)c(Cl)c(-c2nc3cnc(Cl)nc3n(C)c2=O)c1Cl.COc1cc(OC)c(Cl)c(-c2nc3cnc(Nc4c(C)cccc4N)nc3n(C)c2=O)c1Cl. The lowest BCUT2D eigenvalue weighted by Crippen LogP contribution is -2.22. The number of nitrogens with one attached hydrogen (secondary N) is 2. The number of hydrogen-bond donors (Lipinski definition) is 3. The van der Waals surface area contributed by atoms with Gasteiger partial charge in [-0.1, -0.05) is 142 Å². The molecule has 4 N–H and O–H groups in total. The molecular weight excluding hydrogens is 1870 g/mol. The van der Waals surface area contributed by atoms with Crippen molar-refractivity contribution < 1.29 is 47.6 Å². The van der Waals surface area contributed by atoms with E-state index in [-0.39, 0.29) is 167 Å². The number of aryl methyl sites for hydroxylation is 7. The van der Waals surface area contributed by atoms with Gasteiger partial charge in [-0.3, -0.25) is 52.4 Å². The Morgan fingerprint density at radius 3 is 1.08 bits per heavy atom. The fourth-order valence-electron chi connectivity index (χ4n) is 13.4. The second kappa shape index (κ2) is 40.5. The van der Waals surface area contributed by atoms with E-state index < -0.39 is 27.2 Å². The summed E-state index contributed by atoms with van der Waals surface area (Å²) in [5.74, 6) is 2.97. The van der Waals surface area contributed by atoms with E-state index in [0.29, 0.717) is 79.2 Å². The molecule has 0 aliphatic rings. The van der Waals surface area contributed by atoms with Crippen LogP contribution in [0.1, 0.15) is 33.6 Å². The molecular formula is C86H73Cl9N20O15. The zero-order valence-corrected chi connectivity index (χ0v) is 78.0. The van der Waals surface area contributed by atoms with Crippen molar-refractivity contribution in [2.24, 2.45) is 28.2 Å². The van der Waals surface area contributed by atoms with Crippen LogP contribution in [0.15, 0.2) is 135 Å². The Morgan fingerprint density at radius 2 is 0.738 bits per heavy atom. The smallest absolute Gasteiger partial charge is 0.278 e. The largest absolute Gasteiger partial charge is 0.495 e. The van der Waals surface area contributed by atoms with Gasteiger partial charge in [0.1, 0.15) is 96.7 Å². The first-order valence-corrected chi connectivity index (χ1v) is 41.3. The van der Waals surface area contributed by atoms with E-state index in [0.717, 1.165) is 22.3 Å². The number of para-hydroxylation sites is 2. The summed E-state index contributed by atoms with van der Waals surface area (Å²) in [7, 11) is 17.8. The van der Waals surface area contributed by atoms with Gasteiger partial charge < -0.3 is 54.3 Å². The Hall–Kier alpha value is -13.4. The number of aromatic nitrogens is 16. The fraction of sp³-hybridized carbons (Fsp3) is 0.198. The summed E-state index contributed by atoms with van der Waals surface area (Å²) >= 11 is 57.5. The molecule has 0 aliphatic heterocycles. The average molecular weight is 1950 g/mol. The van der Waals surface area contributed by atoms with Crippen molar-refractivity contribution in [1.82, 2.24) is 78.1 Å². The molecule has 35 nitrogen and oxygen atoms in total. The number of nitrogens with zero attached hydrogens (tertiary/aromatic N) is 17. The highest BCUT2D eigenvalue weighted by atomic mass is 35.5. The van der Waals surface area contributed by atoms with Crippen molar-refractivity contribution in [2.75, 3.05) is 73.2 Å². The monoisotopic (exact) mass is 1940 g/mol. The summed E-state index contributed by atoms with van der Waals surface area (Å²) < 4.78 is 47.6. The minimum absolute atomic E-state index is 0.00404. The van der Waals surface area contributed by atoms with Gasteiger partial charge in [0.2, 0.25) is 17.2 Å². The zero-order chi connectivity index (χ0) is 94.5. The number of ether oxygens (including phenoxy) is 8. The lowest BCUT2D eigenvalue weighted by Gasteiger charge is -2.16. The number of carbonyl (C=O) groups excluding carboxylic acids is 1. The molecule has 8 aromatic heterocycles. The van der Waals surface area contributed by atoms with Crippen molar-refractivity contribution in [3.8, 4) is 91.0 Å². The topological polar surface area (TPSA) is 427 Å². The number of benzene rings is 7. The predicted octanol–water partition coefficient (Wildman–Crippen LogP) is 17.3. The third-order valence-electron chi connectivity index (χ3n) is 20.1. The van der Waals surface area contributed by atoms with Crippen molar-refractivity contribution in [2.45, 2.75) is 33.6 Å². The van der Waals surface area contributed by atoms with Crippen LogP contribution in [-0.4, -0.2) is 146 Å². The number of carbonyl (C=O) groups is 1. The first-order chi connectivity index (χ1) is 62.0. The summed E-state index contributed by atoms with van der Waals surface area (Å²) in [6.45, 7) is 9.14.